The van der Waals surface area contributed by atoms with Gasteiger partial charge >= 0.3 is 0 Å². The highest BCUT2D eigenvalue weighted by Crippen LogP contribution is 2.26. The topological polar surface area (TPSA) is 46.5 Å². The quantitative estimate of drug-likeness (QED) is 0.902. The second-order valence-corrected chi connectivity index (χ2v) is 6.59. The monoisotopic (exact) mass is 349 g/mol. The fraction of sp³-hybridized carbons (Fsp3) is 0.500. The molecule has 0 radical (unpaired) electrons. The van der Waals surface area contributed by atoms with Gasteiger partial charge in [0.2, 0.25) is 0 Å². The maximum absolute atomic E-state index is 12.6. The van der Waals surface area contributed by atoms with E-state index in [9.17, 15) is 4.79 Å². The van der Waals surface area contributed by atoms with Crippen molar-refractivity contribution in [3.63, 3.8) is 0 Å². The molecule has 1 aliphatic heterocycles. The summed E-state index contributed by atoms with van der Waals surface area (Å²) in [6, 6.07) is 7.96. The predicted molar refractivity (Wildman–Crippen MR) is 96.7 cm³/mol. The van der Waals surface area contributed by atoms with Crippen LogP contribution in [0.5, 0.6) is 0 Å². The van der Waals surface area contributed by atoms with Gasteiger partial charge in [-0.2, -0.15) is 0 Å². The maximum Gasteiger partial charge on any atom is 0.267 e. The number of morpholine rings is 1. The average Bonchev–Trinajstić information content (AvgIpc) is 2.94. The lowest BCUT2D eigenvalue weighted by Gasteiger charge is -2.34. The minimum Gasteiger partial charge on any atom is -0.379 e. The van der Waals surface area contributed by atoms with Gasteiger partial charge in [0.1, 0.15) is 5.69 Å². The Hall–Kier alpha value is -1.56. The molecule has 1 atom stereocenters. The van der Waals surface area contributed by atoms with Crippen LogP contribution in [0, 0.1) is 0 Å². The Labute approximate surface area is 147 Å². The van der Waals surface area contributed by atoms with Crippen LogP contribution in [-0.2, 0) is 11.8 Å². The zero-order valence-electron chi connectivity index (χ0n) is 14.2. The molecule has 1 aliphatic rings. The zero-order chi connectivity index (χ0) is 17.1. The number of hydrogen-bond donors (Lipinski definition) is 1. The molecule has 2 aromatic rings. The van der Waals surface area contributed by atoms with Crippen LogP contribution in [0.2, 0.25) is 5.02 Å². The smallest absolute Gasteiger partial charge is 0.267 e. The molecule has 130 valence electrons. The summed E-state index contributed by atoms with van der Waals surface area (Å²) < 4.78 is 7.27. The van der Waals surface area contributed by atoms with Gasteiger partial charge in [-0.1, -0.05) is 30.7 Å². The van der Waals surface area contributed by atoms with Crippen LogP contribution < -0.4 is 5.32 Å². The molecule has 6 heteroatoms. The van der Waals surface area contributed by atoms with Gasteiger partial charge < -0.3 is 14.6 Å². The lowest BCUT2D eigenvalue weighted by Crippen LogP contribution is -2.48. The molecule has 0 saturated carbocycles. The molecule has 1 saturated heterocycles. The number of aromatic nitrogens is 1. The zero-order valence-corrected chi connectivity index (χ0v) is 15.0. The van der Waals surface area contributed by atoms with Crippen molar-refractivity contribution in [2.45, 2.75) is 19.4 Å². The number of benzene rings is 1. The van der Waals surface area contributed by atoms with Crippen LogP contribution in [0.3, 0.4) is 0 Å². The Morgan fingerprint density at radius 1 is 1.38 bits per heavy atom. The highest BCUT2D eigenvalue weighted by atomic mass is 35.5. The van der Waals surface area contributed by atoms with Crippen LogP contribution in [-0.4, -0.2) is 54.3 Å². The molecule has 1 amide bonds. The van der Waals surface area contributed by atoms with Crippen molar-refractivity contribution in [3.05, 3.63) is 35.0 Å². The molecule has 3 rings (SSSR count). The Kier molecular flexibility index (Phi) is 5.43. The fourth-order valence-corrected chi connectivity index (χ4v) is 3.67. The molecule has 1 N–H and O–H groups in total. The van der Waals surface area contributed by atoms with E-state index in [-0.39, 0.29) is 5.91 Å². The van der Waals surface area contributed by atoms with Crippen molar-refractivity contribution in [2.75, 3.05) is 32.8 Å². The second-order valence-electron chi connectivity index (χ2n) is 6.19. The van der Waals surface area contributed by atoms with E-state index in [0.717, 1.165) is 43.6 Å². The van der Waals surface area contributed by atoms with Gasteiger partial charge in [0.05, 0.1) is 23.8 Å². The van der Waals surface area contributed by atoms with Crippen molar-refractivity contribution in [1.82, 2.24) is 14.8 Å². The van der Waals surface area contributed by atoms with Crippen molar-refractivity contribution >= 4 is 28.4 Å². The summed E-state index contributed by atoms with van der Waals surface area (Å²) in [4.78, 5) is 15.0. The first kappa shape index (κ1) is 17.3. The van der Waals surface area contributed by atoms with Crippen molar-refractivity contribution in [2.24, 2.45) is 7.05 Å². The summed E-state index contributed by atoms with van der Waals surface area (Å²) in [6.07, 6.45) is 1.00. The van der Waals surface area contributed by atoms with Crippen LogP contribution in [0.1, 0.15) is 23.8 Å². The van der Waals surface area contributed by atoms with Crippen molar-refractivity contribution in [3.8, 4) is 0 Å². The van der Waals surface area contributed by atoms with Crippen LogP contribution >= 0.6 is 11.6 Å². The molecule has 0 spiro atoms. The number of amides is 1. The number of ether oxygens (including phenoxy) is 1. The van der Waals surface area contributed by atoms with Crippen LogP contribution in [0.15, 0.2) is 24.3 Å². The first-order valence-electron chi connectivity index (χ1n) is 8.45. The highest BCUT2D eigenvalue weighted by Gasteiger charge is 2.21. The normalized spacial score (nSPS) is 17.1. The molecule has 1 aromatic heterocycles. The summed E-state index contributed by atoms with van der Waals surface area (Å²) in [7, 11) is 1.88. The van der Waals surface area contributed by atoms with E-state index in [4.69, 9.17) is 16.3 Å². The molecule has 1 fully saturated rings. The number of aryl methyl sites for hydroxylation is 1. The first-order chi connectivity index (χ1) is 11.6. The highest BCUT2D eigenvalue weighted by molar-refractivity contribution is 6.35. The molecule has 0 aliphatic carbocycles. The summed E-state index contributed by atoms with van der Waals surface area (Å²) >= 11 is 6.26. The largest absolute Gasteiger partial charge is 0.379 e. The number of carbonyl (C=O) groups excluding carboxylic acids is 1. The van der Waals surface area contributed by atoms with E-state index in [2.05, 4.69) is 17.1 Å². The Bertz CT molecular complexity index is 722. The molecular weight excluding hydrogens is 326 g/mol. The predicted octanol–water partition coefficient (Wildman–Crippen LogP) is 2.67. The minimum atomic E-state index is -0.0588. The average molecular weight is 350 g/mol. The summed E-state index contributed by atoms with van der Waals surface area (Å²) in [5, 5.41) is 4.73. The van der Waals surface area contributed by atoms with E-state index >= 15 is 0 Å². The van der Waals surface area contributed by atoms with Gasteiger partial charge in [-0.05, 0) is 18.6 Å². The van der Waals surface area contributed by atoms with E-state index < -0.39 is 0 Å². The Morgan fingerprint density at radius 2 is 2.12 bits per heavy atom. The molecule has 5 nitrogen and oxygen atoms in total. The third-order valence-corrected chi connectivity index (χ3v) is 5.08. The number of hydrogen-bond acceptors (Lipinski definition) is 3. The SMILES string of the molecule is CC[C@H](CNC(=O)c1cc2cccc(Cl)c2n1C)N1CCOCC1. The van der Waals surface area contributed by atoms with Crippen LogP contribution in [0.4, 0.5) is 0 Å². The lowest BCUT2D eigenvalue weighted by atomic mass is 10.1. The number of nitrogens with zero attached hydrogens (tertiary/aromatic N) is 2. The van der Waals surface area contributed by atoms with Gasteiger partial charge in [-0.15, -0.1) is 0 Å². The number of rotatable bonds is 5. The molecule has 0 bridgehead atoms. The van der Waals surface area contributed by atoms with Gasteiger partial charge in [0.15, 0.2) is 0 Å². The minimum absolute atomic E-state index is 0.0588. The number of carbonyl (C=O) groups is 1. The summed E-state index contributed by atoms with van der Waals surface area (Å²) in [5.41, 5.74) is 1.53. The first-order valence-corrected chi connectivity index (χ1v) is 8.83. The molecule has 2 heterocycles. The molecular formula is C18H24ClN3O2. The van der Waals surface area contributed by atoms with E-state index in [1.165, 1.54) is 0 Å². The lowest BCUT2D eigenvalue weighted by molar-refractivity contribution is 0.0159. The van der Waals surface area contributed by atoms with Gasteiger partial charge in [0, 0.05) is 38.1 Å². The van der Waals surface area contributed by atoms with Crippen molar-refractivity contribution in [1.29, 1.82) is 0 Å². The third-order valence-electron chi connectivity index (χ3n) is 4.77. The standard InChI is InChI=1S/C18H24ClN3O2/c1-3-14(22-7-9-24-10-8-22)12-20-18(23)16-11-13-5-4-6-15(19)17(13)21(16)2/h4-6,11,14H,3,7-10,12H2,1-2H3,(H,20,23)/t14-/m1/s1. The number of halogens is 1. The van der Waals surface area contributed by atoms with E-state index in [1.807, 2.05) is 35.9 Å². The number of para-hydroxylation sites is 1. The number of nitrogens with one attached hydrogen (secondary N) is 1. The summed E-state index contributed by atoms with van der Waals surface area (Å²) in [5.74, 6) is -0.0588. The van der Waals surface area contributed by atoms with E-state index in [0.29, 0.717) is 23.3 Å². The Morgan fingerprint density at radius 3 is 2.79 bits per heavy atom. The fourth-order valence-electron chi connectivity index (χ4n) is 3.36. The van der Waals surface area contributed by atoms with Gasteiger partial charge in [0.25, 0.3) is 5.91 Å². The second kappa shape index (κ2) is 7.55. The molecule has 24 heavy (non-hydrogen) atoms. The molecule has 0 unspecified atom stereocenters. The van der Waals surface area contributed by atoms with Gasteiger partial charge in [-0.3, -0.25) is 9.69 Å². The Balaban J connectivity index is 1.70. The third kappa shape index (κ3) is 3.43. The number of fused-ring (bicyclic) bond motifs is 1. The van der Waals surface area contributed by atoms with Gasteiger partial charge in [-0.25, -0.2) is 0 Å². The maximum atomic E-state index is 12.6. The van der Waals surface area contributed by atoms with Crippen molar-refractivity contribution < 1.29 is 9.53 Å². The molecule has 1 aromatic carbocycles. The summed E-state index contributed by atoms with van der Waals surface area (Å²) in [6.45, 7) is 6.20. The van der Waals surface area contributed by atoms with Crippen LogP contribution in [0.25, 0.3) is 10.9 Å². The van der Waals surface area contributed by atoms with E-state index in [1.54, 1.807) is 0 Å².